The molecule has 5 heteroatoms. The summed E-state index contributed by atoms with van der Waals surface area (Å²) in [5, 5.41) is 1.31. The maximum absolute atomic E-state index is 11.7. The van der Waals surface area contributed by atoms with Crippen molar-refractivity contribution in [2.45, 2.75) is 13.0 Å². The van der Waals surface area contributed by atoms with Gasteiger partial charge in [-0.05, 0) is 25.1 Å². The van der Waals surface area contributed by atoms with Crippen molar-refractivity contribution in [3.05, 3.63) is 39.1 Å². The molecule has 0 spiro atoms. The zero-order valence-corrected chi connectivity index (χ0v) is 10.3. The van der Waals surface area contributed by atoms with Gasteiger partial charge in [-0.25, -0.2) is 0 Å². The topological polar surface area (TPSA) is 68.1 Å². The average molecular weight is 253 g/mol. The molecule has 0 radical (unpaired) electrons. The van der Waals surface area contributed by atoms with E-state index in [2.05, 4.69) is 4.98 Å². The van der Waals surface area contributed by atoms with Crippen LogP contribution in [0.25, 0.3) is 10.9 Å². The number of nitrogens with two attached hydrogens (primary N) is 1. The largest absolute Gasteiger partial charge is 0.495 e. The molecule has 0 amide bonds. The van der Waals surface area contributed by atoms with Crippen LogP contribution in [0.5, 0.6) is 5.75 Å². The summed E-state index contributed by atoms with van der Waals surface area (Å²) in [5.41, 5.74) is 6.76. The number of H-pyrrole nitrogens is 1. The summed E-state index contributed by atoms with van der Waals surface area (Å²) in [6, 6.07) is 4.89. The number of aromatic nitrogens is 1. The van der Waals surface area contributed by atoms with E-state index in [1.165, 1.54) is 0 Å². The fourth-order valence-corrected chi connectivity index (χ4v) is 1.96. The summed E-state index contributed by atoms with van der Waals surface area (Å²) in [5.74, 6) is 0.571. The molecule has 17 heavy (non-hydrogen) atoms. The summed E-state index contributed by atoms with van der Waals surface area (Å²) >= 11 is 5.99. The van der Waals surface area contributed by atoms with Gasteiger partial charge in [0, 0.05) is 17.0 Å². The van der Waals surface area contributed by atoms with Crippen molar-refractivity contribution in [2.24, 2.45) is 5.73 Å². The van der Waals surface area contributed by atoms with E-state index < -0.39 is 0 Å². The minimum absolute atomic E-state index is 0.186. The molecule has 1 aromatic heterocycles. The number of ether oxygens (including phenoxy) is 1. The molecule has 0 saturated heterocycles. The number of hydrogen-bond acceptors (Lipinski definition) is 3. The van der Waals surface area contributed by atoms with Gasteiger partial charge in [0.1, 0.15) is 5.75 Å². The Balaban J connectivity index is 2.76. The number of hydrogen-bond donors (Lipinski definition) is 2. The Bertz CT molecular complexity index is 620. The van der Waals surface area contributed by atoms with Crippen LogP contribution in [-0.4, -0.2) is 12.1 Å². The van der Waals surface area contributed by atoms with Gasteiger partial charge >= 0.3 is 0 Å². The number of rotatable bonds is 2. The van der Waals surface area contributed by atoms with Crippen molar-refractivity contribution in [3.8, 4) is 5.75 Å². The molecule has 0 fully saturated rings. The maximum atomic E-state index is 11.7. The molecule has 1 heterocycles. The van der Waals surface area contributed by atoms with Gasteiger partial charge in [0.2, 0.25) is 0 Å². The molecule has 0 aliphatic carbocycles. The Hall–Kier alpha value is -1.52. The molecule has 2 aromatic rings. The SMILES string of the molecule is COc1cc2cc(C(C)N)c(=O)[nH]c2cc1Cl. The summed E-state index contributed by atoms with van der Waals surface area (Å²) < 4.78 is 5.13. The number of methoxy groups -OCH3 is 1. The van der Waals surface area contributed by atoms with E-state index in [0.717, 1.165) is 5.39 Å². The van der Waals surface area contributed by atoms with Gasteiger partial charge in [-0.2, -0.15) is 0 Å². The van der Waals surface area contributed by atoms with E-state index in [1.807, 2.05) is 0 Å². The van der Waals surface area contributed by atoms with Gasteiger partial charge < -0.3 is 15.5 Å². The number of aromatic amines is 1. The Labute approximate surface area is 103 Å². The van der Waals surface area contributed by atoms with Crippen molar-refractivity contribution >= 4 is 22.5 Å². The maximum Gasteiger partial charge on any atom is 0.253 e. The number of nitrogens with one attached hydrogen (secondary N) is 1. The average Bonchev–Trinajstić information content (AvgIpc) is 2.27. The van der Waals surface area contributed by atoms with Crippen molar-refractivity contribution < 1.29 is 4.74 Å². The van der Waals surface area contributed by atoms with Crippen LogP contribution in [0.15, 0.2) is 23.0 Å². The van der Waals surface area contributed by atoms with Crippen LogP contribution >= 0.6 is 11.6 Å². The molecule has 0 bridgehead atoms. The van der Waals surface area contributed by atoms with Crippen LogP contribution in [0.3, 0.4) is 0 Å². The highest BCUT2D eigenvalue weighted by Gasteiger charge is 2.09. The molecule has 0 aliphatic rings. The van der Waals surface area contributed by atoms with Crippen molar-refractivity contribution in [2.75, 3.05) is 7.11 Å². The van der Waals surface area contributed by atoms with Crippen LogP contribution < -0.4 is 16.0 Å². The third kappa shape index (κ3) is 2.14. The highest BCUT2D eigenvalue weighted by molar-refractivity contribution is 6.32. The molecular weight excluding hydrogens is 240 g/mol. The predicted molar refractivity (Wildman–Crippen MR) is 68.7 cm³/mol. The van der Waals surface area contributed by atoms with Gasteiger partial charge in [0.05, 0.1) is 17.6 Å². The van der Waals surface area contributed by atoms with Gasteiger partial charge in [0.15, 0.2) is 0 Å². The fraction of sp³-hybridized carbons (Fsp3) is 0.250. The number of benzene rings is 1. The first-order valence-corrected chi connectivity index (χ1v) is 5.56. The molecule has 1 atom stereocenters. The minimum Gasteiger partial charge on any atom is -0.495 e. The predicted octanol–water partition coefficient (Wildman–Crippen LogP) is 2.21. The number of pyridine rings is 1. The molecule has 3 N–H and O–H groups in total. The smallest absolute Gasteiger partial charge is 0.253 e. The van der Waals surface area contributed by atoms with E-state index >= 15 is 0 Å². The van der Waals surface area contributed by atoms with Crippen LogP contribution in [-0.2, 0) is 0 Å². The fourth-order valence-electron chi connectivity index (χ4n) is 1.72. The standard InChI is InChI=1S/C12H13ClN2O2/c1-6(14)8-3-7-4-11(17-2)9(13)5-10(7)15-12(8)16/h3-6H,14H2,1-2H3,(H,15,16). The van der Waals surface area contributed by atoms with Crippen molar-refractivity contribution in [1.82, 2.24) is 4.98 Å². The lowest BCUT2D eigenvalue weighted by Crippen LogP contribution is -2.19. The lowest BCUT2D eigenvalue weighted by atomic mass is 10.1. The molecule has 1 unspecified atom stereocenters. The number of halogens is 1. The molecule has 90 valence electrons. The van der Waals surface area contributed by atoms with Gasteiger partial charge in [-0.1, -0.05) is 11.6 Å². The van der Waals surface area contributed by atoms with E-state index in [-0.39, 0.29) is 11.6 Å². The normalized spacial score (nSPS) is 12.7. The minimum atomic E-state index is -0.315. The zero-order chi connectivity index (χ0) is 12.6. The van der Waals surface area contributed by atoms with E-state index in [0.29, 0.717) is 21.9 Å². The Morgan fingerprint density at radius 3 is 2.71 bits per heavy atom. The first kappa shape index (κ1) is 12.0. The van der Waals surface area contributed by atoms with Gasteiger partial charge in [-0.3, -0.25) is 4.79 Å². The Kier molecular flexibility index (Phi) is 3.09. The van der Waals surface area contributed by atoms with Gasteiger partial charge in [0.25, 0.3) is 5.56 Å². The molecular formula is C12H13ClN2O2. The van der Waals surface area contributed by atoms with E-state index in [1.54, 1.807) is 32.2 Å². The quantitative estimate of drug-likeness (QED) is 0.861. The lowest BCUT2D eigenvalue weighted by molar-refractivity contribution is 0.415. The lowest BCUT2D eigenvalue weighted by Gasteiger charge is -2.08. The first-order valence-electron chi connectivity index (χ1n) is 5.19. The Morgan fingerprint density at radius 2 is 2.12 bits per heavy atom. The summed E-state index contributed by atoms with van der Waals surface area (Å²) in [6.07, 6.45) is 0. The highest BCUT2D eigenvalue weighted by Crippen LogP contribution is 2.29. The van der Waals surface area contributed by atoms with Crippen LogP contribution in [0, 0.1) is 0 Å². The Morgan fingerprint density at radius 1 is 1.41 bits per heavy atom. The summed E-state index contributed by atoms with van der Waals surface area (Å²) in [7, 11) is 1.55. The van der Waals surface area contributed by atoms with Crippen LogP contribution in [0.4, 0.5) is 0 Å². The third-order valence-corrected chi connectivity index (χ3v) is 2.93. The van der Waals surface area contributed by atoms with Gasteiger partial charge in [-0.15, -0.1) is 0 Å². The number of fused-ring (bicyclic) bond motifs is 1. The molecule has 0 saturated carbocycles. The first-order chi connectivity index (χ1) is 8.02. The molecule has 2 rings (SSSR count). The summed E-state index contributed by atoms with van der Waals surface area (Å²) in [6.45, 7) is 1.77. The second-order valence-corrected chi connectivity index (χ2v) is 4.32. The van der Waals surface area contributed by atoms with E-state index in [9.17, 15) is 4.79 Å². The molecule has 0 aliphatic heterocycles. The van der Waals surface area contributed by atoms with Crippen LogP contribution in [0.2, 0.25) is 5.02 Å². The zero-order valence-electron chi connectivity index (χ0n) is 9.58. The van der Waals surface area contributed by atoms with E-state index in [4.69, 9.17) is 22.1 Å². The van der Waals surface area contributed by atoms with Crippen molar-refractivity contribution in [1.29, 1.82) is 0 Å². The second-order valence-electron chi connectivity index (χ2n) is 3.92. The summed E-state index contributed by atoms with van der Waals surface area (Å²) in [4.78, 5) is 14.5. The molecule has 4 nitrogen and oxygen atoms in total. The molecule has 1 aromatic carbocycles. The second kappa shape index (κ2) is 4.39. The van der Waals surface area contributed by atoms with Crippen LogP contribution in [0.1, 0.15) is 18.5 Å². The highest BCUT2D eigenvalue weighted by atomic mass is 35.5. The monoisotopic (exact) mass is 252 g/mol. The van der Waals surface area contributed by atoms with Crippen molar-refractivity contribution in [3.63, 3.8) is 0 Å². The third-order valence-electron chi connectivity index (χ3n) is 2.64.